The molecule has 2 aliphatic rings. The fourth-order valence-corrected chi connectivity index (χ4v) is 1.87. The van der Waals surface area contributed by atoms with Gasteiger partial charge in [-0.3, -0.25) is 4.99 Å². The zero-order chi connectivity index (χ0) is 9.80. The van der Waals surface area contributed by atoms with Crippen molar-refractivity contribution in [2.75, 3.05) is 20.0 Å². The predicted molar refractivity (Wildman–Crippen MR) is 55.5 cm³/mol. The molecule has 78 valence electrons. The lowest BCUT2D eigenvalue weighted by Gasteiger charge is -2.27. The zero-order valence-corrected chi connectivity index (χ0v) is 8.61. The molecule has 0 aromatic rings. The molecule has 0 aromatic heterocycles. The summed E-state index contributed by atoms with van der Waals surface area (Å²) in [6.07, 6.45) is 6.44. The summed E-state index contributed by atoms with van der Waals surface area (Å²) in [6.45, 7) is 4.18. The molecule has 0 N–H and O–H groups in total. The summed E-state index contributed by atoms with van der Waals surface area (Å²) in [4.78, 5) is 4.49. The molecule has 0 saturated carbocycles. The van der Waals surface area contributed by atoms with Gasteiger partial charge in [-0.1, -0.05) is 18.6 Å². The molecule has 1 fully saturated rings. The lowest BCUT2D eigenvalue weighted by molar-refractivity contribution is -0.127. The first-order valence-corrected chi connectivity index (χ1v) is 5.27. The second-order valence-corrected chi connectivity index (χ2v) is 3.82. The van der Waals surface area contributed by atoms with E-state index in [2.05, 4.69) is 18.0 Å². The number of rotatable bonds is 2. The molecule has 0 aromatic carbocycles. The van der Waals surface area contributed by atoms with E-state index in [1.54, 1.807) is 0 Å². The lowest BCUT2D eigenvalue weighted by atomic mass is 9.95. The smallest absolute Gasteiger partial charge is 0.146 e. The number of nitrogens with zero attached hydrogens (tertiary/aromatic N) is 1. The van der Waals surface area contributed by atoms with Crippen LogP contribution >= 0.6 is 0 Å². The maximum atomic E-state index is 5.28. The molecule has 2 aliphatic heterocycles. The Balaban J connectivity index is 1.98. The van der Waals surface area contributed by atoms with E-state index in [9.17, 15) is 0 Å². The first-order valence-electron chi connectivity index (χ1n) is 5.27. The van der Waals surface area contributed by atoms with Gasteiger partial charge in [-0.25, -0.2) is 0 Å². The third-order valence-electron chi connectivity index (χ3n) is 2.81. The van der Waals surface area contributed by atoms with Crippen molar-refractivity contribution in [1.29, 1.82) is 0 Å². The van der Waals surface area contributed by atoms with Gasteiger partial charge in [0.2, 0.25) is 0 Å². The van der Waals surface area contributed by atoms with Crippen molar-refractivity contribution in [3.05, 3.63) is 11.6 Å². The SMILES string of the molecule is CCC1=CC(C2COCOC2)N=CC1. The Morgan fingerprint density at radius 1 is 1.43 bits per heavy atom. The molecular weight excluding hydrogens is 178 g/mol. The van der Waals surface area contributed by atoms with Crippen LogP contribution in [0.5, 0.6) is 0 Å². The van der Waals surface area contributed by atoms with Crippen LogP contribution in [-0.2, 0) is 9.47 Å². The van der Waals surface area contributed by atoms with Crippen LogP contribution in [0.2, 0.25) is 0 Å². The van der Waals surface area contributed by atoms with Crippen molar-refractivity contribution in [2.24, 2.45) is 10.9 Å². The maximum absolute atomic E-state index is 5.28. The van der Waals surface area contributed by atoms with Crippen LogP contribution < -0.4 is 0 Å². The molecule has 1 atom stereocenters. The van der Waals surface area contributed by atoms with E-state index in [1.165, 1.54) is 5.57 Å². The Hall–Kier alpha value is -0.670. The standard InChI is InChI=1S/C11H17NO2/c1-2-9-3-4-12-11(5-9)10-6-13-8-14-7-10/h4-5,10-11H,2-3,6-8H2,1H3. The summed E-state index contributed by atoms with van der Waals surface area (Å²) in [5.41, 5.74) is 1.48. The second-order valence-electron chi connectivity index (χ2n) is 3.82. The lowest BCUT2D eigenvalue weighted by Crippen LogP contribution is -2.33. The number of hydrogen-bond acceptors (Lipinski definition) is 3. The number of aliphatic imine (C=N–C) groups is 1. The van der Waals surface area contributed by atoms with Crippen LogP contribution in [0.3, 0.4) is 0 Å². The fourth-order valence-electron chi connectivity index (χ4n) is 1.87. The van der Waals surface area contributed by atoms with Gasteiger partial charge in [0, 0.05) is 18.6 Å². The maximum Gasteiger partial charge on any atom is 0.146 e. The number of allylic oxidation sites excluding steroid dienone is 1. The van der Waals surface area contributed by atoms with Crippen LogP contribution in [0.4, 0.5) is 0 Å². The van der Waals surface area contributed by atoms with Crippen LogP contribution in [0, 0.1) is 5.92 Å². The van der Waals surface area contributed by atoms with Crippen molar-refractivity contribution < 1.29 is 9.47 Å². The Kier molecular flexibility index (Phi) is 3.32. The molecule has 3 heteroatoms. The van der Waals surface area contributed by atoms with Crippen LogP contribution in [0.25, 0.3) is 0 Å². The largest absolute Gasteiger partial charge is 0.355 e. The van der Waals surface area contributed by atoms with Gasteiger partial charge in [-0.15, -0.1) is 0 Å². The minimum Gasteiger partial charge on any atom is -0.355 e. The Labute approximate surface area is 84.8 Å². The topological polar surface area (TPSA) is 30.8 Å². The van der Waals surface area contributed by atoms with Crippen LogP contribution in [-0.4, -0.2) is 32.3 Å². The molecule has 14 heavy (non-hydrogen) atoms. The number of ether oxygens (including phenoxy) is 2. The fraction of sp³-hybridized carbons (Fsp3) is 0.727. The molecule has 0 spiro atoms. The van der Waals surface area contributed by atoms with E-state index in [1.807, 2.05) is 6.21 Å². The summed E-state index contributed by atoms with van der Waals surface area (Å²) >= 11 is 0. The van der Waals surface area contributed by atoms with Gasteiger partial charge in [-0.05, 0) is 6.42 Å². The second kappa shape index (κ2) is 4.71. The average molecular weight is 195 g/mol. The van der Waals surface area contributed by atoms with Crippen molar-refractivity contribution in [3.8, 4) is 0 Å². The van der Waals surface area contributed by atoms with E-state index in [4.69, 9.17) is 9.47 Å². The summed E-state index contributed by atoms with van der Waals surface area (Å²) in [5, 5.41) is 0. The molecule has 0 radical (unpaired) electrons. The molecular formula is C11H17NO2. The summed E-state index contributed by atoms with van der Waals surface area (Å²) < 4.78 is 10.6. The van der Waals surface area contributed by atoms with Gasteiger partial charge in [0.25, 0.3) is 0 Å². The van der Waals surface area contributed by atoms with Gasteiger partial charge < -0.3 is 9.47 Å². The van der Waals surface area contributed by atoms with Crippen molar-refractivity contribution in [3.63, 3.8) is 0 Å². The first-order chi connectivity index (χ1) is 6.90. The molecule has 0 aliphatic carbocycles. The van der Waals surface area contributed by atoms with Gasteiger partial charge in [0.15, 0.2) is 0 Å². The molecule has 0 bridgehead atoms. The highest BCUT2D eigenvalue weighted by Crippen LogP contribution is 2.21. The molecule has 2 rings (SSSR count). The monoisotopic (exact) mass is 195 g/mol. The van der Waals surface area contributed by atoms with E-state index >= 15 is 0 Å². The third-order valence-corrected chi connectivity index (χ3v) is 2.81. The molecule has 0 amide bonds. The van der Waals surface area contributed by atoms with Crippen molar-refractivity contribution in [1.82, 2.24) is 0 Å². The normalized spacial score (nSPS) is 28.9. The van der Waals surface area contributed by atoms with Crippen LogP contribution in [0.1, 0.15) is 19.8 Å². The highest BCUT2D eigenvalue weighted by molar-refractivity contribution is 5.63. The highest BCUT2D eigenvalue weighted by Gasteiger charge is 2.23. The van der Waals surface area contributed by atoms with Gasteiger partial charge in [0.05, 0.1) is 19.3 Å². The van der Waals surface area contributed by atoms with Gasteiger partial charge in [0.1, 0.15) is 6.79 Å². The molecule has 1 unspecified atom stereocenters. The van der Waals surface area contributed by atoms with E-state index in [0.717, 1.165) is 26.1 Å². The van der Waals surface area contributed by atoms with Crippen molar-refractivity contribution in [2.45, 2.75) is 25.8 Å². The summed E-state index contributed by atoms with van der Waals surface area (Å²) in [6, 6.07) is 0.277. The Bertz CT molecular complexity index is 242. The minimum atomic E-state index is 0.277. The third kappa shape index (κ3) is 2.22. The predicted octanol–water partition coefficient (Wildman–Crippen LogP) is 1.79. The van der Waals surface area contributed by atoms with Crippen molar-refractivity contribution >= 4 is 6.21 Å². The minimum absolute atomic E-state index is 0.277. The molecule has 2 heterocycles. The molecule has 3 nitrogen and oxygen atoms in total. The molecule has 1 saturated heterocycles. The zero-order valence-electron chi connectivity index (χ0n) is 8.61. The van der Waals surface area contributed by atoms with E-state index in [-0.39, 0.29) is 6.04 Å². The van der Waals surface area contributed by atoms with Gasteiger partial charge >= 0.3 is 0 Å². The quantitative estimate of drug-likeness (QED) is 0.629. The van der Waals surface area contributed by atoms with E-state index < -0.39 is 0 Å². The van der Waals surface area contributed by atoms with E-state index in [0.29, 0.717) is 12.7 Å². The summed E-state index contributed by atoms with van der Waals surface area (Å²) in [5.74, 6) is 0.404. The first kappa shape index (κ1) is 9.87. The van der Waals surface area contributed by atoms with Crippen LogP contribution in [0.15, 0.2) is 16.6 Å². The number of hydrogen-bond donors (Lipinski definition) is 0. The average Bonchev–Trinajstić information content (AvgIpc) is 2.30. The summed E-state index contributed by atoms with van der Waals surface area (Å²) in [7, 11) is 0. The van der Waals surface area contributed by atoms with Gasteiger partial charge in [-0.2, -0.15) is 0 Å². The Morgan fingerprint density at radius 2 is 2.21 bits per heavy atom. The Morgan fingerprint density at radius 3 is 2.93 bits per heavy atom. The number of dihydropyridines is 1. The highest BCUT2D eigenvalue weighted by atomic mass is 16.7.